The molecule has 1 saturated heterocycles. The van der Waals surface area contributed by atoms with Gasteiger partial charge in [0.15, 0.2) is 0 Å². The van der Waals surface area contributed by atoms with E-state index in [0.29, 0.717) is 0 Å². The molecule has 0 spiro atoms. The van der Waals surface area contributed by atoms with Gasteiger partial charge in [0.25, 0.3) is 0 Å². The Morgan fingerprint density at radius 2 is 1.21 bits per heavy atom. The van der Waals surface area contributed by atoms with Crippen LogP contribution in [0.2, 0.25) is 0 Å². The Balaban J connectivity index is 3.00. The molecule has 2 amide bonds. The number of rotatable bonds is 3. The molecule has 104 valence electrons. The van der Waals surface area contributed by atoms with Crippen LogP contribution in [0.3, 0.4) is 0 Å². The van der Waals surface area contributed by atoms with Gasteiger partial charge >= 0.3 is 29.7 Å². The Labute approximate surface area is 107 Å². The lowest BCUT2D eigenvalue weighted by atomic mass is 10.2. The predicted molar refractivity (Wildman–Crippen MR) is 54.7 cm³/mol. The number of ether oxygens (including phenoxy) is 2. The van der Waals surface area contributed by atoms with Gasteiger partial charge in [0.2, 0.25) is 12.2 Å². The van der Waals surface area contributed by atoms with E-state index >= 15 is 0 Å². The first-order valence-corrected chi connectivity index (χ1v) is 5.14. The van der Waals surface area contributed by atoms with E-state index < -0.39 is 41.9 Å². The van der Waals surface area contributed by atoms with E-state index in [0.717, 1.165) is 20.8 Å². The van der Waals surface area contributed by atoms with Crippen LogP contribution in [-0.4, -0.2) is 47.0 Å². The third kappa shape index (κ3) is 3.27. The number of carbonyl (C=O) groups excluding carboxylic acids is 5. The molecule has 9 nitrogen and oxygen atoms in total. The molecule has 1 heterocycles. The van der Waals surface area contributed by atoms with Crippen LogP contribution in [0.4, 0.5) is 0 Å². The van der Waals surface area contributed by atoms with Gasteiger partial charge in [0.1, 0.15) is 0 Å². The van der Waals surface area contributed by atoms with Crippen LogP contribution in [-0.2, 0) is 38.3 Å². The van der Waals surface area contributed by atoms with Crippen LogP contribution in [0.5, 0.6) is 0 Å². The van der Waals surface area contributed by atoms with E-state index in [1.165, 1.54) is 0 Å². The summed E-state index contributed by atoms with van der Waals surface area (Å²) in [7, 11) is 0. The van der Waals surface area contributed by atoms with Crippen molar-refractivity contribution in [2.24, 2.45) is 0 Å². The Hall–Kier alpha value is -2.45. The Bertz CT molecular complexity index is 422. The maximum Gasteiger partial charge on any atom is 0.330 e. The molecule has 0 bridgehead atoms. The van der Waals surface area contributed by atoms with Crippen molar-refractivity contribution >= 4 is 29.7 Å². The van der Waals surface area contributed by atoms with E-state index in [9.17, 15) is 24.0 Å². The van der Waals surface area contributed by atoms with Crippen LogP contribution in [0, 0.1) is 0 Å². The third-order valence-corrected chi connectivity index (χ3v) is 1.97. The van der Waals surface area contributed by atoms with Crippen LogP contribution in [0.15, 0.2) is 0 Å². The van der Waals surface area contributed by atoms with E-state index in [-0.39, 0.29) is 5.06 Å². The summed E-state index contributed by atoms with van der Waals surface area (Å²) in [6.45, 7) is 2.99. The van der Waals surface area contributed by atoms with Gasteiger partial charge in [-0.25, -0.2) is 4.79 Å². The fourth-order valence-electron chi connectivity index (χ4n) is 1.40. The van der Waals surface area contributed by atoms with Crippen molar-refractivity contribution in [1.29, 1.82) is 0 Å². The summed E-state index contributed by atoms with van der Waals surface area (Å²) in [6.07, 6.45) is -3.32. The number of hydrogen-bond acceptors (Lipinski definition) is 8. The molecule has 9 heteroatoms. The highest BCUT2D eigenvalue weighted by molar-refractivity contribution is 6.08. The van der Waals surface area contributed by atoms with Gasteiger partial charge in [0, 0.05) is 20.8 Å². The van der Waals surface area contributed by atoms with Crippen LogP contribution in [0.25, 0.3) is 0 Å². The van der Waals surface area contributed by atoms with Crippen molar-refractivity contribution in [3.63, 3.8) is 0 Å². The number of amides is 2. The second-order valence-corrected chi connectivity index (χ2v) is 3.61. The van der Waals surface area contributed by atoms with Crippen LogP contribution < -0.4 is 0 Å². The minimum Gasteiger partial charge on any atom is -0.448 e. The summed E-state index contributed by atoms with van der Waals surface area (Å²) < 4.78 is 9.20. The lowest BCUT2D eigenvalue weighted by molar-refractivity contribution is -0.198. The van der Waals surface area contributed by atoms with Crippen molar-refractivity contribution in [1.82, 2.24) is 5.06 Å². The summed E-state index contributed by atoms with van der Waals surface area (Å²) in [5.41, 5.74) is 0. The van der Waals surface area contributed by atoms with Crippen LogP contribution in [0.1, 0.15) is 20.8 Å². The summed E-state index contributed by atoms with van der Waals surface area (Å²) in [5, 5.41) is 0.115. The van der Waals surface area contributed by atoms with E-state index in [2.05, 4.69) is 14.3 Å². The van der Waals surface area contributed by atoms with Crippen molar-refractivity contribution < 1.29 is 38.3 Å². The fraction of sp³-hybridized carbons (Fsp3) is 0.500. The summed E-state index contributed by atoms with van der Waals surface area (Å²) in [6, 6.07) is 0. The quantitative estimate of drug-likeness (QED) is 0.460. The van der Waals surface area contributed by atoms with E-state index in [1.54, 1.807) is 0 Å². The molecule has 0 aromatic carbocycles. The molecular weight excluding hydrogens is 262 g/mol. The van der Waals surface area contributed by atoms with Crippen molar-refractivity contribution in [2.45, 2.75) is 33.0 Å². The number of hydroxylamine groups is 2. The maximum atomic E-state index is 11.7. The van der Waals surface area contributed by atoms with E-state index in [1.807, 2.05) is 0 Å². The van der Waals surface area contributed by atoms with Gasteiger partial charge in [0.05, 0.1) is 0 Å². The SMILES string of the molecule is CC(=O)OC1C(=O)N(OC(C)=O)C(=O)C1OC(C)=O. The molecular formula is C10H11NO8. The number of carbonyl (C=O) groups is 5. The van der Waals surface area contributed by atoms with Crippen LogP contribution >= 0.6 is 0 Å². The minimum absolute atomic E-state index is 0.115. The lowest BCUT2D eigenvalue weighted by Gasteiger charge is -2.13. The molecule has 0 aromatic heterocycles. The van der Waals surface area contributed by atoms with Gasteiger partial charge in [-0.2, -0.15) is 0 Å². The topological polar surface area (TPSA) is 116 Å². The average molecular weight is 273 g/mol. The first-order chi connectivity index (χ1) is 8.73. The fourth-order valence-corrected chi connectivity index (χ4v) is 1.40. The molecule has 0 saturated carbocycles. The second-order valence-electron chi connectivity index (χ2n) is 3.61. The number of esters is 2. The molecule has 0 aromatic rings. The molecule has 0 radical (unpaired) electrons. The van der Waals surface area contributed by atoms with Crippen molar-refractivity contribution in [3.05, 3.63) is 0 Å². The first kappa shape index (κ1) is 14.6. The van der Waals surface area contributed by atoms with Gasteiger partial charge in [-0.1, -0.05) is 5.06 Å². The summed E-state index contributed by atoms with van der Waals surface area (Å²) in [5.74, 6) is -4.82. The standard InChI is InChI=1S/C10H11NO8/c1-4(12)17-7-8(18-5(2)13)10(16)11(9(7)15)19-6(3)14/h7-8H,1-3H3. The zero-order valence-electron chi connectivity index (χ0n) is 10.4. The first-order valence-electron chi connectivity index (χ1n) is 5.14. The molecule has 19 heavy (non-hydrogen) atoms. The largest absolute Gasteiger partial charge is 0.448 e. The Morgan fingerprint density at radius 1 is 0.842 bits per heavy atom. The number of imide groups is 1. The molecule has 0 N–H and O–H groups in total. The monoisotopic (exact) mass is 273 g/mol. The van der Waals surface area contributed by atoms with Gasteiger partial charge in [-0.05, 0) is 0 Å². The molecule has 1 aliphatic rings. The molecule has 1 rings (SSSR count). The molecule has 0 aliphatic carbocycles. The van der Waals surface area contributed by atoms with E-state index in [4.69, 9.17) is 0 Å². The summed E-state index contributed by atoms with van der Waals surface area (Å²) >= 11 is 0. The maximum absolute atomic E-state index is 11.7. The van der Waals surface area contributed by atoms with Crippen molar-refractivity contribution in [2.75, 3.05) is 0 Å². The number of hydrogen-bond donors (Lipinski definition) is 0. The minimum atomic E-state index is -1.66. The predicted octanol–water partition coefficient (Wildman–Crippen LogP) is -1.30. The van der Waals surface area contributed by atoms with Gasteiger partial charge in [-0.15, -0.1) is 0 Å². The average Bonchev–Trinajstić information content (AvgIpc) is 2.44. The van der Waals surface area contributed by atoms with Crippen molar-refractivity contribution in [3.8, 4) is 0 Å². The third-order valence-electron chi connectivity index (χ3n) is 1.97. The molecule has 2 unspecified atom stereocenters. The molecule has 1 aliphatic heterocycles. The highest BCUT2D eigenvalue weighted by Gasteiger charge is 2.54. The molecule has 1 fully saturated rings. The zero-order valence-corrected chi connectivity index (χ0v) is 10.4. The lowest BCUT2D eigenvalue weighted by Crippen LogP contribution is -2.36. The highest BCUT2D eigenvalue weighted by atomic mass is 16.7. The zero-order chi connectivity index (χ0) is 14.7. The molecule has 2 atom stereocenters. The smallest absolute Gasteiger partial charge is 0.330 e. The second kappa shape index (κ2) is 5.46. The Kier molecular flexibility index (Phi) is 4.20. The highest BCUT2D eigenvalue weighted by Crippen LogP contribution is 2.21. The normalized spacial score (nSPS) is 22.2. The van der Waals surface area contributed by atoms with Gasteiger partial charge < -0.3 is 14.3 Å². The Morgan fingerprint density at radius 3 is 1.47 bits per heavy atom. The van der Waals surface area contributed by atoms with Gasteiger partial charge in [-0.3, -0.25) is 19.2 Å². The number of nitrogens with zero attached hydrogens (tertiary/aromatic N) is 1. The summed E-state index contributed by atoms with van der Waals surface area (Å²) in [4.78, 5) is 60.3.